The van der Waals surface area contributed by atoms with E-state index in [0.717, 1.165) is 32.8 Å². The maximum Gasteiger partial charge on any atom is 0.272 e. The Morgan fingerprint density at radius 3 is 2.36 bits per heavy atom. The van der Waals surface area contributed by atoms with Gasteiger partial charge < -0.3 is 16.8 Å². The fourth-order valence-electron chi connectivity index (χ4n) is 3.16. The smallest absolute Gasteiger partial charge is 0.272 e. The number of anilines is 1. The normalized spacial score (nSPS) is 12.8. The Bertz CT molecular complexity index is 1320. The zero-order valence-corrected chi connectivity index (χ0v) is 15.0. The van der Waals surface area contributed by atoms with Crippen LogP contribution in [0, 0.1) is 0 Å². The first-order valence-electron chi connectivity index (χ1n) is 8.79. The largest absolute Gasteiger partial charge is 0.404 e. The average Bonchev–Trinajstić information content (AvgIpc) is 2.75. The van der Waals surface area contributed by atoms with Gasteiger partial charge in [-0.15, -0.1) is 0 Å². The van der Waals surface area contributed by atoms with Crippen LogP contribution in [0.3, 0.4) is 0 Å². The van der Waals surface area contributed by atoms with Gasteiger partial charge in [-0.3, -0.25) is 4.79 Å². The molecule has 0 unspecified atom stereocenters. The molecule has 4 aromatic rings. The van der Waals surface area contributed by atoms with E-state index in [2.05, 4.69) is 15.5 Å². The number of benzene rings is 3. The van der Waals surface area contributed by atoms with E-state index in [1.165, 1.54) is 6.20 Å². The fraction of sp³-hybridized carbons (Fsp3) is 0. The Morgan fingerprint density at radius 1 is 0.929 bits per heavy atom. The molecule has 4 rings (SSSR count). The van der Waals surface area contributed by atoms with Crippen molar-refractivity contribution in [1.29, 1.82) is 0 Å². The van der Waals surface area contributed by atoms with Crippen LogP contribution >= 0.6 is 0 Å². The summed E-state index contributed by atoms with van der Waals surface area (Å²) in [5.74, 6) is 0.512. The summed E-state index contributed by atoms with van der Waals surface area (Å²) in [5, 5.41) is 13.1. The third-order valence-corrected chi connectivity index (χ3v) is 4.56. The molecule has 1 aromatic heterocycles. The highest BCUT2D eigenvalue weighted by Crippen LogP contribution is 2.25. The van der Waals surface area contributed by atoms with Crippen LogP contribution in [0.2, 0.25) is 0 Å². The van der Waals surface area contributed by atoms with Crippen molar-refractivity contribution in [1.82, 2.24) is 10.2 Å². The third-order valence-electron chi connectivity index (χ3n) is 4.56. The van der Waals surface area contributed by atoms with Crippen LogP contribution in [0.25, 0.3) is 34.1 Å². The monoisotopic (exact) mass is 369 g/mol. The van der Waals surface area contributed by atoms with E-state index >= 15 is 0 Å². The lowest BCUT2D eigenvalue weighted by molar-refractivity contribution is 1.02. The highest BCUT2D eigenvalue weighted by Gasteiger charge is 2.08. The molecule has 28 heavy (non-hydrogen) atoms. The Hall–Kier alpha value is -4.06. The summed E-state index contributed by atoms with van der Waals surface area (Å²) in [4.78, 5) is 12.0. The van der Waals surface area contributed by atoms with Gasteiger partial charge in [-0.05, 0) is 18.2 Å². The lowest BCUT2D eigenvalue weighted by atomic mass is 10.0. The van der Waals surface area contributed by atoms with Gasteiger partial charge in [-0.2, -0.15) is 5.10 Å². The highest BCUT2D eigenvalue weighted by molar-refractivity contribution is 5.93. The predicted molar refractivity (Wildman–Crippen MR) is 113 cm³/mol. The minimum absolute atomic E-state index is 0.199. The van der Waals surface area contributed by atoms with Crippen molar-refractivity contribution in [2.24, 2.45) is 11.5 Å². The molecular weight excluding hydrogens is 350 g/mol. The van der Waals surface area contributed by atoms with Crippen molar-refractivity contribution in [3.63, 3.8) is 0 Å². The number of rotatable bonds is 3. The molecule has 0 atom stereocenters. The summed E-state index contributed by atoms with van der Waals surface area (Å²) >= 11 is 0. The zero-order valence-electron chi connectivity index (χ0n) is 15.0. The van der Waals surface area contributed by atoms with Crippen LogP contribution in [-0.2, 0) is 0 Å². The Morgan fingerprint density at radius 2 is 1.61 bits per heavy atom. The highest BCUT2D eigenvalue weighted by atomic mass is 16.1. The first-order chi connectivity index (χ1) is 13.7. The van der Waals surface area contributed by atoms with Crippen molar-refractivity contribution < 1.29 is 0 Å². The van der Waals surface area contributed by atoms with Crippen LogP contribution in [0.4, 0.5) is 5.69 Å². The van der Waals surface area contributed by atoms with Crippen molar-refractivity contribution >= 4 is 28.5 Å². The molecule has 6 nitrogen and oxygen atoms in total. The molecule has 0 bridgehead atoms. The van der Waals surface area contributed by atoms with Crippen LogP contribution in [-0.4, -0.2) is 10.2 Å². The second kappa shape index (κ2) is 7.28. The molecule has 0 saturated heterocycles. The summed E-state index contributed by atoms with van der Waals surface area (Å²) in [5.41, 5.74) is 14.1. The molecule has 6 heteroatoms. The summed E-state index contributed by atoms with van der Waals surface area (Å²) in [7, 11) is 0. The summed E-state index contributed by atoms with van der Waals surface area (Å²) in [6.07, 6.45) is 1.53. The van der Waals surface area contributed by atoms with Gasteiger partial charge in [0.25, 0.3) is 5.56 Å². The molecule has 0 radical (unpaired) electrons. The van der Waals surface area contributed by atoms with E-state index in [1.807, 2.05) is 66.7 Å². The third kappa shape index (κ3) is 3.19. The number of H-pyrrole nitrogens is 1. The van der Waals surface area contributed by atoms with Gasteiger partial charge in [0, 0.05) is 33.3 Å². The number of fused-ring (bicyclic) bond motifs is 1. The van der Waals surface area contributed by atoms with Gasteiger partial charge in [0.1, 0.15) is 5.82 Å². The summed E-state index contributed by atoms with van der Waals surface area (Å²) < 4.78 is 0. The average molecular weight is 369 g/mol. The van der Waals surface area contributed by atoms with Gasteiger partial charge in [-0.1, -0.05) is 54.6 Å². The second-order valence-electron chi connectivity index (χ2n) is 6.32. The van der Waals surface area contributed by atoms with E-state index in [-0.39, 0.29) is 5.56 Å². The number of nitrogens with two attached hydrogens (primary N) is 2. The lowest BCUT2D eigenvalue weighted by Gasteiger charge is -2.09. The number of hydrogen-bond acceptors (Lipinski definition) is 5. The topological polar surface area (TPSA) is 110 Å². The Labute approximate surface area is 160 Å². The maximum absolute atomic E-state index is 12.0. The molecule has 0 spiro atoms. The lowest BCUT2D eigenvalue weighted by Crippen LogP contribution is -2.33. The number of nitrogens with zero attached hydrogens (tertiary/aromatic N) is 1. The van der Waals surface area contributed by atoms with Crippen LogP contribution in [0.1, 0.15) is 0 Å². The zero-order chi connectivity index (χ0) is 19.5. The summed E-state index contributed by atoms with van der Waals surface area (Å²) in [6.45, 7) is 0. The van der Waals surface area contributed by atoms with Crippen molar-refractivity contribution in [2.45, 2.75) is 0 Å². The molecule has 138 valence electrons. The van der Waals surface area contributed by atoms with Crippen LogP contribution in [0.15, 0.2) is 77.6 Å². The van der Waals surface area contributed by atoms with E-state index in [9.17, 15) is 4.79 Å². The first-order valence-corrected chi connectivity index (χ1v) is 8.79. The van der Waals surface area contributed by atoms with E-state index in [4.69, 9.17) is 11.5 Å². The summed E-state index contributed by atoms with van der Waals surface area (Å²) in [6, 6.07) is 22.7. The van der Waals surface area contributed by atoms with Gasteiger partial charge in [-0.25, -0.2) is 5.10 Å². The predicted octanol–water partition coefficient (Wildman–Crippen LogP) is 1.42. The van der Waals surface area contributed by atoms with Crippen LogP contribution in [0.5, 0.6) is 0 Å². The Balaban J connectivity index is 1.71. The molecule has 0 aliphatic rings. The molecule has 1 heterocycles. The SMILES string of the molecule is N/C=c1/cccc/c1=C(/N)Nc1ccc(-c2n[nH]c(=O)c3ccccc23)cc1. The Kier molecular flexibility index (Phi) is 4.51. The van der Waals surface area contributed by atoms with Crippen molar-refractivity contribution in [3.8, 4) is 11.3 Å². The molecule has 3 aromatic carbocycles. The molecule has 0 saturated carbocycles. The fourth-order valence-corrected chi connectivity index (χ4v) is 3.16. The number of aromatic amines is 1. The minimum Gasteiger partial charge on any atom is -0.404 e. The standard InChI is InChI=1S/C22H19N5O/c23-13-15-5-1-2-6-17(15)21(24)25-16-11-9-14(10-12-16)20-18-7-3-4-8-19(18)22(28)27-26-20/h1-13,25H,23-24H2,(H,27,28)/b15-13-,21-17+. The van der Waals surface area contributed by atoms with Crippen molar-refractivity contribution in [2.75, 3.05) is 5.32 Å². The number of aromatic nitrogens is 2. The molecule has 0 aliphatic carbocycles. The molecule has 0 amide bonds. The van der Waals surface area contributed by atoms with E-state index in [0.29, 0.717) is 11.2 Å². The van der Waals surface area contributed by atoms with Gasteiger partial charge in [0.05, 0.1) is 11.1 Å². The van der Waals surface area contributed by atoms with Gasteiger partial charge >= 0.3 is 0 Å². The molecule has 0 fully saturated rings. The first kappa shape index (κ1) is 17.4. The maximum atomic E-state index is 12.0. The van der Waals surface area contributed by atoms with E-state index in [1.54, 1.807) is 6.07 Å². The molecular formula is C22H19N5O. The number of hydrogen-bond donors (Lipinski definition) is 4. The van der Waals surface area contributed by atoms with Gasteiger partial charge in [0.2, 0.25) is 0 Å². The second-order valence-corrected chi connectivity index (χ2v) is 6.32. The van der Waals surface area contributed by atoms with Crippen molar-refractivity contribution in [3.05, 3.63) is 93.6 Å². The molecule has 6 N–H and O–H groups in total. The minimum atomic E-state index is -0.199. The van der Waals surface area contributed by atoms with E-state index < -0.39 is 0 Å². The van der Waals surface area contributed by atoms with Gasteiger partial charge in [0.15, 0.2) is 0 Å². The quantitative estimate of drug-likeness (QED) is 0.437. The number of nitrogens with one attached hydrogen (secondary N) is 2. The molecule has 0 aliphatic heterocycles. The van der Waals surface area contributed by atoms with Crippen LogP contribution < -0.4 is 32.8 Å².